The lowest BCUT2D eigenvalue weighted by molar-refractivity contribution is -0.200. The van der Waals surface area contributed by atoms with E-state index in [0.29, 0.717) is 11.5 Å². The van der Waals surface area contributed by atoms with Crippen molar-refractivity contribution in [2.45, 2.75) is 25.0 Å². The van der Waals surface area contributed by atoms with Gasteiger partial charge in [-0.15, -0.1) is 0 Å². The Balaban J connectivity index is 1.90. The number of aliphatic hydroxyl groups excluding tert-OH is 1. The van der Waals surface area contributed by atoms with Crippen LogP contribution < -0.4 is 9.64 Å². The zero-order valence-electron chi connectivity index (χ0n) is 16.6. The van der Waals surface area contributed by atoms with Gasteiger partial charge in [0.05, 0.1) is 12.1 Å². The summed E-state index contributed by atoms with van der Waals surface area (Å²) in [6, 6.07) is 19.1. The number of rotatable bonds is 7. The Morgan fingerprint density at radius 2 is 1.44 bits per heavy atom. The molecule has 0 aromatic heterocycles. The van der Waals surface area contributed by atoms with Crippen molar-refractivity contribution in [3.63, 3.8) is 0 Å². The van der Waals surface area contributed by atoms with Crippen molar-refractivity contribution < 1.29 is 36.2 Å². The molecule has 0 amide bonds. The quantitative estimate of drug-likeness (QED) is 0.417. The molecule has 1 atom stereocenters. The number of benzene rings is 3. The van der Waals surface area contributed by atoms with Crippen molar-refractivity contribution in [3.8, 4) is 11.5 Å². The summed E-state index contributed by atoms with van der Waals surface area (Å²) in [6.45, 7) is -1.15. The van der Waals surface area contributed by atoms with Gasteiger partial charge in [0, 0.05) is 18.3 Å². The fraction of sp³-hybridized carbons (Fsp3) is 0.217. The Bertz CT molecular complexity index is 1020. The largest absolute Gasteiger partial charge is 0.457 e. The van der Waals surface area contributed by atoms with Crippen LogP contribution in [0.1, 0.15) is 11.1 Å². The third-order valence-corrected chi connectivity index (χ3v) is 4.56. The number of aliphatic hydroxyl groups is 1. The lowest BCUT2D eigenvalue weighted by Crippen LogP contribution is -2.40. The van der Waals surface area contributed by atoms with Crippen LogP contribution in [0.2, 0.25) is 0 Å². The molecule has 0 bridgehead atoms. The van der Waals surface area contributed by atoms with Crippen LogP contribution in [0.25, 0.3) is 0 Å². The third-order valence-electron chi connectivity index (χ3n) is 4.56. The Hall–Kier alpha value is -3.20. The fourth-order valence-corrected chi connectivity index (χ4v) is 3.01. The second-order valence-electron chi connectivity index (χ2n) is 7.05. The molecule has 0 saturated carbocycles. The van der Waals surface area contributed by atoms with Gasteiger partial charge < -0.3 is 14.7 Å². The molecule has 3 rings (SSSR count). The minimum absolute atomic E-state index is 0.142. The lowest BCUT2D eigenvalue weighted by Gasteiger charge is -2.29. The normalized spacial score (nSPS) is 13.0. The Kier molecular flexibility index (Phi) is 6.98. The maximum atomic E-state index is 13.0. The van der Waals surface area contributed by atoms with E-state index >= 15 is 0 Å². The van der Waals surface area contributed by atoms with Crippen LogP contribution in [0, 0.1) is 0 Å². The molecule has 3 nitrogen and oxygen atoms in total. The smallest absolute Gasteiger partial charge is 0.416 e. The van der Waals surface area contributed by atoms with Gasteiger partial charge in [-0.05, 0) is 42.0 Å². The van der Waals surface area contributed by atoms with Crippen LogP contribution in [-0.4, -0.2) is 23.9 Å². The highest BCUT2D eigenvalue weighted by Gasteiger charge is 2.39. The molecule has 0 aliphatic carbocycles. The first-order chi connectivity index (χ1) is 15.0. The first-order valence-electron chi connectivity index (χ1n) is 9.51. The van der Waals surface area contributed by atoms with E-state index in [9.17, 15) is 31.4 Å². The van der Waals surface area contributed by atoms with Crippen LogP contribution in [-0.2, 0) is 12.7 Å². The minimum atomic E-state index is -4.88. The second-order valence-corrected chi connectivity index (χ2v) is 7.05. The van der Waals surface area contributed by atoms with Crippen molar-refractivity contribution >= 4 is 5.69 Å². The summed E-state index contributed by atoms with van der Waals surface area (Å²) in [5.41, 5.74) is -0.518. The number of alkyl halides is 6. The van der Waals surface area contributed by atoms with Crippen LogP contribution in [0.5, 0.6) is 11.5 Å². The van der Waals surface area contributed by atoms with E-state index in [1.165, 1.54) is 24.3 Å². The van der Waals surface area contributed by atoms with Gasteiger partial charge in [0.25, 0.3) is 0 Å². The molecule has 9 heteroatoms. The number of halogens is 6. The third kappa shape index (κ3) is 6.40. The molecule has 0 aliphatic heterocycles. The molecular formula is C23H19F6NO2. The van der Waals surface area contributed by atoms with E-state index in [1.807, 2.05) is 0 Å². The zero-order chi connectivity index (χ0) is 23.4. The zero-order valence-corrected chi connectivity index (χ0v) is 16.6. The molecule has 32 heavy (non-hydrogen) atoms. The number of hydrogen-bond donors (Lipinski definition) is 1. The van der Waals surface area contributed by atoms with E-state index in [-0.39, 0.29) is 17.8 Å². The van der Waals surface area contributed by atoms with Crippen molar-refractivity contribution in [2.75, 3.05) is 11.4 Å². The summed E-state index contributed by atoms with van der Waals surface area (Å²) < 4.78 is 83.8. The molecule has 0 saturated heterocycles. The van der Waals surface area contributed by atoms with Crippen LogP contribution in [0.3, 0.4) is 0 Å². The van der Waals surface area contributed by atoms with E-state index in [1.54, 1.807) is 42.5 Å². The maximum absolute atomic E-state index is 13.0. The average Bonchev–Trinajstić information content (AvgIpc) is 2.73. The molecule has 0 heterocycles. The summed E-state index contributed by atoms with van der Waals surface area (Å²) >= 11 is 0. The van der Waals surface area contributed by atoms with Crippen LogP contribution in [0.4, 0.5) is 32.0 Å². The van der Waals surface area contributed by atoms with Gasteiger partial charge in [-0.25, -0.2) is 0 Å². The van der Waals surface area contributed by atoms with Crippen LogP contribution in [0.15, 0.2) is 78.9 Å². The summed E-state index contributed by atoms with van der Waals surface area (Å²) in [7, 11) is 0. The van der Waals surface area contributed by atoms with Gasteiger partial charge in [0.1, 0.15) is 11.5 Å². The highest BCUT2D eigenvalue weighted by Crippen LogP contribution is 2.32. The fourth-order valence-electron chi connectivity index (χ4n) is 3.01. The lowest BCUT2D eigenvalue weighted by atomic mass is 10.1. The molecule has 0 fully saturated rings. The van der Waals surface area contributed by atoms with E-state index < -0.39 is 30.6 Å². The minimum Gasteiger partial charge on any atom is -0.457 e. The van der Waals surface area contributed by atoms with Crippen molar-refractivity contribution in [2.24, 2.45) is 0 Å². The molecule has 0 spiro atoms. The van der Waals surface area contributed by atoms with Gasteiger partial charge >= 0.3 is 12.4 Å². The number of hydrogen-bond acceptors (Lipinski definition) is 3. The Morgan fingerprint density at radius 3 is 2.09 bits per heavy atom. The SMILES string of the molecule is OC(CN(Cc1cccc(C(F)(F)F)c1)c1cccc(Oc2ccccc2)c1)C(F)(F)F. The Labute approximate surface area is 180 Å². The number of nitrogens with zero attached hydrogens (tertiary/aromatic N) is 1. The molecule has 1 unspecified atom stereocenters. The van der Waals surface area contributed by atoms with E-state index in [0.717, 1.165) is 17.0 Å². The van der Waals surface area contributed by atoms with Crippen molar-refractivity contribution in [1.82, 2.24) is 0 Å². The first kappa shape index (κ1) is 23.5. The van der Waals surface area contributed by atoms with Gasteiger partial charge in [-0.1, -0.05) is 36.4 Å². The average molecular weight is 455 g/mol. The number of ether oxygens (including phenoxy) is 1. The van der Waals surface area contributed by atoms with Gasteiger partial charge in [0.15, 0.2) is 6.10 Å². The van der Waals surface area contributed by atoms with E-state index in [2.05, 4.69) is 0 Å². The van der Waals surface area contributed by atoms with Crippen LogP contribution >= 0.6 is 0 Å². The summed E-state index contributed by atoms with van der Waals surface area (Å²) in [5.74, 6) is 0.827. The summed E-state index contributed by atoms with van der Waals surface area (Å²) in [4.78, 5) is 1.16. The monoisotopic (exact) mass is 455 g/mol. The highest BCUT2D eigenvalue weighted by molar-refractivity contribution is 5.52. The molecule has 1 N–H and O–H groups in total. The molecule has 3 aromatic carbocycles. The topological polar surface area (TPSA) is 32.7 Å². The molecular weight excluding hydrogens is 436 g/mol. The number of anilines is 1. The highest BCUT2D eigenvalue weighted by atomic mass is 19.4. The summed E-state index contributed by atoms with van der Waals surface area (Å²) in [6.07, 6.45) is -12.2. The summed E-state index contributed by atoms with van der Waals surface area (Å²) in [5, 5.41) is 9.61. The molecule has 0 aliphatic rings. The van der Waals surface area contributed by atoms with Gasteiger partial charge in [0.2, 0.25) is 0 Å². The molecule has 170 valence electrons. The van der Waals surface area contributed by atoms with Crippen molar-refractivity contribution in [3.05, 3.63) is 90.0 Å². The maximum Gasteiger partial charge on any atom is 0.416 e. The van der Waals surface area contributed by atoms with Crippen molar-refractivity contribution in [1.29, 1.82) is 0 Å². The standard InChI is InChI=1S/C23H19F6NO2/c24-22(25,26)17-7-4-6-16(12-17)14-30(15-21(31)23(27,28)29)18-8-5-11-20(13-18)32-19-9-2-1-3-10-19/h1-13,21,31H,14-15H2. The van der Waals surface area contributed by atoms with E-state index in [4.69, 9.17) is 4.74 Å². The Morgan fingerprint density at radius 1 is 0.781 bits per heavy atom. The second kappa shape index (κ2) is 9.52. The first-order valence-corrected chi connectivity index (χ1v) is 9.51. The number of para-hydroxylation sites is 1. The predicted octanol–water partition coefficient (Wildman–Crippen LogP) is 6.43. The van der Waals surface area contributed by atoms with Gasteiger partial charge in [-0.3, -0.25) is 0 Å². The molecule has 0 radical (unpaired) electrons. The molecule has 3 aromatic rings. The van der Waals surface area contributed by atoms with Gasteiger partial charge in [-0.2, -0.15) is 26.3 Å². The predicted molar refractivity (Wildman–Crippen MR) is 108 cm³/mol.